The number of aliphatic carboxylic acids is 2. The maximum absolute atomic E-state index is 12.6. The molecule has 0 bridgehead atoms. The summed E-state index contributed by atoms with van der Waals surface area (Å²) in [5, 5.41) is 19.4. The summed E-state index contributed by atoms with van der Waals surface area (Å²) in [4.78, 5) is 19.2. The number of carboxylic acids is 2. The Labute approximate surface area is 145 Å². The van der Waals surface area contributed by atoms with Crippen molar-refractivity contribution >= 4 is 49.5 Å². The van der Waals surface area contributed by atoms with E-state index in [2.05, 4.69) is 37.2 Å². The zero-order valence-electron chi connectivity index (χ0n) is 11.9. The molecule has 0 spiro atoms. The Kier molecular flexibility index (Phi) is 10.8. The molecule has 22 heavy (non-hydrogen) atoms. The molecule has 1 aromatic rings. The normalized spacial score (nSPS) is 12.5. The first-order chi connectivity index (χ1) is 10.3. The van der Waals surface area contributed by atoms with Crippen molar-refractivity contribution in [3.8, 4) is 0 Å². The third kappa shape index (κ3) is 9.73. The number of carbonyl (C=O) groups is 2. The van der Waals surface area contributed by atoms with Crippen molar-refractivity contribution in [3.05, 3.63) is 28.7 Å². The number of halogens is 3. The van der Waals surface area contributed by atoms with Crippen LogP contribution in [0.25, 0.3) is 0 Å². The zero-order valence-corrected chi connectivity index (χ0v) is 15.1. The van der Waals surface area contributed by atoms with Gasteiger partial charge in [-0.3, -0.25) is 9.59 Å². The van der Waals surface area contributed by atoms with Crippen molar-refractivity contribution in [1.82, 2.24) is 0 Å². The van der Waals surface area contributed by atoms with Gasteiger partial charge >= 0.3 is 11.9 Å². The Morgan fingerprint density at radius 3 is 2.23 bits per heavy atom. The van der Waals surface area contributed by atoms with Crippen molar-refractivity contribution in [2.75, 3.05) is 11.9 Å². The van der Waals surface area contributed by atoms with Gasteiger partial charge in [-0.05, 0) is 30.7 Å². The lowest BCUT2D eigenvalue weighted by Gasteiger charge is -2.08. The van der Waals surface area contributed by atoms with Crippen LogP contribution >= 0.6 is 31.9 Å². The molecule has 0 aliphatic carbocycles. The van der Waals surface area contributed by atoms with Crippen molar-refractivity contribution in [2.45, 2.75) is 30.8 Å². The van der Waals surface area contributed by atoms with Gasteiger partial charge in [-0.2, -0.15) is 0 Å². The van der Waals surface area contributed by atoms with Gasteiger partial charge in [-0.1, -0.05) is 45.2 Å². The van der Waals surface area contributed by atoms with Crippen molar-refractivity contribution in [3.63, 3.8) is 0 Å². The quantitative estimate of drug-likeness (QED) is 0.557. The molecule has 0 aliphatic rings. The maximum atomic E-state index is 12.6. The van der Waals surface area contributed by atoms with Gasteiger partial charge < -0.3 is 15.5 Å². The van der Waals surface area contributed by atoms with Crippen LogP contribution in [0.4, 0.5) is 10.1 Å². The summed E-state index contributed by atoms with van der Waals surface area (Å²) in [6, 6.07) is 7.33. The number of benzene rings is 1. The van der Waals surface area contributed by atoms with E-state index in [0.717, 1.165) is 10.2 Å². The first kappa shape index (κ1) is 20.9. The minimum absolute atomic E-state index is 0.0539. The summed E-state index contributed by atoms with van der Waals surface area (Å²) in [5.41, 5.74) is 0.806. The summed E-state index contributed by atoms with van der Waals surface area (Å²) in [5.74, 6) is -2.00. The largest absolute Gasteiger partial charge is 0.480 e. The van der Waals surface area contributed by atoms with Crippen molar-refractivity contribution in [1.29, 1.82) is 0 Å². The van der Waals surface area contributed by atoms with Crippen LogP contribution in [0.5, 0.6) is 0 Å². The highest BCUT2D eigenvalue weighted by atomic mass is 79.9. The highest BCUT2D eigenvalue weighted by Gasteiger charge is 2.23. The molecule has 0 radical (unpaired) electrons. The van der Waals surface area contributed by atoms with Crippen LogP contribution in [0, 0.1) is 0 Å². The smallest absolute Gasteiger partial charge is 0.322 e. The van der Waals surface area contributed by atoms with Gasteiger partial charge in [0.15, 0.2) is 0 Å². The van der Waals surface area contributed by atoms with Crippen LogP contribution in [0.3, 0.4) is 0 Å². The molecule has 124 valence electrons. The fraction of sp³-hybridized carbons (Fsp3) is 0.429. The highest BCUT2D eigenvalue weighted by molar-refractivity contribution is 9.10. The van der Waals surface area contributed by atoms with Crippen LogP contribution < -0.4 is 5.32 Å². The molecule has 0 heterocycles. The monoisotopic (exact) mass is 441 g/mol. The summed E-state index contributed by atoms with van der Waals surface area (Å²) < 4.78 is 13.6. The van der Waals surface area contributed by atoms with E-state index in [0.29, 0.717) is 12.8 Å². The van der Waals surface area contributed by atoms with E-state index < -0.39 is 22.9 Å². The van der Waals surface area contributed by atoms with Crippen LogP contribution in [-0.2, 0) is 9.59 Å². The minimum atomic E-state index is -1.28. The molecule has 1 rings (SSSR count). The van der Waals surface area contributed by atoms with E-state index >= 15 is 0 Å². The number of hydrogen-bond donors (Lipinski definition) is 3. The number of nitrogens with one attached hydrogen (secondary N) is 1. The van der Waals surface area contributed by atoms with Crippen molar-refractivity contribution in [2.24, 2.45) is 0 Å². The Morgan fingerprint density at radius 2 is 1.82 bits per heavy atom. The topological polar surface area (TPSA) is 86.6 Å². The van der Waals surface area contributed by atoms with Crippen LogP contribution in [-0.4, -0.2) is 39.7 Å². The fourth-order valence-corrected chi connectivity index (χ4v) is 1.85. The molecule has 0 saturated carbocycles. The Morgan fingerprint density at radius 1 is 1.27 bits per heavy atom. The van der Waals surface area contributed by atoms with Crippen molar-refractivity contribution < 1.29 is 24.2 Å². The number of carboxylic acid groups (broad SMARTS) is 2. The van der Waals surface area contributed by atoms with Crippen LogP contribution in [0.15, 0.2) is 28.7 Å². The lowest BCUT2D eigenvalue weighted by Crippen LogP contribution is -2.24. The van der Waals surface area contributed by atoms with Crippen LogP contribution in [0.1, 0.15) is 19.8 Å². The van der Waals surface area contributed by atoms with E-state index in [1.54, 1.807) is 0 Å². The SMILES string of the molecule is CCCC(F)C(Br)C(=O)O.O=C(O)CNc1ccc(Br)cc1. The van der Waals surface area contributed by atoms with Gasteiger partial charge in [0.05, 0.1) is 0 Å². The molecular weight excluding hydrogens is 425 g/mol. The third-order valence-corrected chi connectivity index (χ3v) is 3.90. The molecule has 0 amide bonds. The fourth-order valence-electron chi connectivity index (χ4n) is 1.32. The minimum Gasteiger partial charge on any atom is -0.480 e. The number of hydrogen-bond acceptors (Lipinski definition) is 3. The van der Waals surface area contributed by atoms with Gasteiger partial charge in [-0.25, -0.2) is 4.39 Å². The predicted molar refractivity (Wildman–Crippen MR) is 90.4 cm³/mol. The average Bonchev–Trinajstić information content (AvgIpc) is 2.46. The highest BCUT2D eigenvalue weighted by Crippen LogP contribution is 2.14. The Hall–Kier alpha value is -1.15. The second kappa shape index (κ2) is 11.4. The molecule has 3 N–H and O–H groups in total. The summed E-state index contributed by atoms with van der Waals surface area (Å²) in [7, 11) is 0. The van der Waals surface area contributed by atoms with Gasteiger partial charge in [0.25, 0.3) is 0 Å². The van der Waals surface area contributed by atoms with Crippen LogP contribution in [0.2, 0.25) is 0 Å². The van der Waals surface area contributed by atoms with E-state index in [4.69, 9.17) is 10.2 Å². The Balaban J connectivity index is 0.000000409. The number of alkyl halides is 2. The molecule has 0 aromatic heterocycles. The standard InChI is InChI=1S/C8H8BrNO2.C6H10BrFO2/c9-6-1-3-7(4-2-6)10-5-8(11)12;1-2-3-4(8)5(7)6(9)10/h1-4,10H,5H2,(H,11,12);4-5H,2-3H2,1H3,(H,9,10). The molecule has 0 aliphatic heterocycles. The number of anilines is 1. The lowest BCUT2D eigenvalue weighted by molar-refractivity contribution is -0.137. The maximum Gasteiger partial charge on any atom is 0.322 e. The second-order valence-corrected chi connectivity index (χ2v) is 6.20. The molecule has 0 saturated heterocycles. The van der Waals surface area contributed by atoms with Gasteiger partial charge in [0.2, 0.25) is 0 Å². The average molecular weight is 443 g/mol. The molecule has 2 atom stereocenters. The van der Waals surface area contributed by atoms with E-state index in [1.807, 2.05) is 31.2 Å². The molecular formula is C14H18Br2FNO4. The third-order valence-electron chi connectivity index (χ3n) is 2.41. The lowest BCUT2D eigenvalue weighted by atomic mass is 10.2. The second-order valence-electron chi connectivity index (χ2n) is 4.30. The van der Waals surface area contributed by atoms with E-state index in [1.165, 1.54) is 0 Å². The molecule has 1 aromatic carbocycles. The van der Waals surface area contributed by atoms with E-state index in [-0.39, 0.29) is 6.54 Å². The summed E-state index contributed by atoms with van der Waals surface area (Å²) >= 11 is 6.02. The van der Waals surface area contributed by atoms with E-state index in [9.17, 15) is 14.0 Å². The van der Waals surface area contributed by atoms with Gasteiger partial charge in [-0.15, -0.1) is 0 Å². The zero-order chi connectivity index (χ0) is 17.1. The Bertz CT molecular complexity index is 470. The van der Waals surface area contributed by atoms with Gasteiger partial charge in [0, 0.05) is 10.2 Å². The van der Waals surface area contributed by atoms with Gasteiger partial charge in [0.1, 0.15) is 17.5 Å². The molecule has 8 heteroatoms. The first-order valence-corrected chi connectivity index (χ1v) is 8.21. The molecule has 5 nitrogen and oxygen atoms in total. The number of rotatable bonds is 7. The predicted octanol–water partition coefficient (Wildman–Crippen LogP) is 3.92. The molecule has 2 unspecified atom stereocenters. The summed E-state index contributed by atoms with van der Waals surface area (Å²) in [6.07, 6.45) is -0.318. The molecule has 0 fully saturated rings. The first-order valence-electron chi connectivity index (χ1n) is 6.50. The summed E-state index contributed by atoms with van der Waals surface area (Å²) in [6.45, 7) is 1.76.